The Bertz CT molecular complexity index is 885. The quantitative estimate of drug-likeness (QED) is 0.620. The molecule has 7 nitrogen and oxygen atoms in total. The molecule has 1 aliphatic rings. The third-order valence-corrected chi connectivity index (χ3v) is 3.94. The van der Waals surface area contributed by atoms with E-state index >= 15 is 0 Å². The van der Waals surface area contributed by atoms with E-state index in [1.165, 1.54) is 0 Å². The lowest BCUT2D eigenvalue weighted by atomic mass is 10.1. The molecule has 1 heterocycles. The molecule has 0 aliphatic carbocycles. The maximum atomic E-state index is 12.1. The monoisotopic (exact) mass is 369 g/mol. The van der Waals surface area contributed by atoms with Gasteiger partial charge in [0.1, 0.15) is 6.54 Å². The van der Waals surface area contributed by atoms with Crippen molar-refractivity contribution in [1.82, 2.24) is 5.32 Å². The lowest BCUT2D eigenvalue weighted by Gasteiger charge is -2.08. The topological polar surface area (TPSA) is 90.9 Å². The van der Waals surface area contributed by atoms with Gasteiger partial charge in [-0.05, 0) is 44.2 Å². The van der Waals surface area contributed by atoms with E-state index in [4.69, 9.17) is 14.2 Å². The zero-order chi connectivity index (χ0) is 19.4. The minimum Gasteiger partial charge on any atom is -0.456 e. The second-order valence-corrected chi connectivity index (χ2v) is 6.21. The van der Waals surface area contributed by atoms with Crippen molar-refractivity contribution in [2.75, 3.05) is 19.9 Å². The van der Waals surface area contributed by atoms with Gasteiger partial charge in [0.15, 0.2) is 23.9 Å². The van der Waals surface area contributed by atoms with E-state index < -0.39 is 12.6 Å². The third-order valence-electron chi connectivity index (χ3n) is 3.94. The Morgan fingerprint density at radius 1 is 0.963 bits per heavy atom. The molecule has 0 spiro atoms. The lowest BCUT2D eigenvalue weighted by Crippen LogP contribution is -2.31. The zero-order valence-electron chi connectivity index (χ0n) is 15.0. The van der Waals surface area contributed by atoms with Crippen LogP contribution < -0.4 is 14.8 Å². The van der Waals surface area contributed by atoms with Gasteiger partial charge in [-0.3, -0.25) is 14.4 Å². The largest absolute Gasteiger partial charge is 0.456 e. The van der Waals surface area contributed by atoms with E-state index in [9.17, 15) is 14.4 Å². The van der Waals surface area contributed by atoms with E-state index in [1.54, 1.807) is 30.3 Å². The van der Waals surface area contributed by atoms with Crippen molar-refractivity contribution in [1.29, 1.82) is 0 Å². The standard InChI is InChI=1S/C20H19NO6/c1-12-5-13(2)7-15(6-12)20(24)21-9-19(23)25-10-16(22)14-3-4-17-18(8-14)27-11-26-17/h3-8H,9-11H2,1-2H3,(H,21,24). The first kappa shape index (κ1) is 18.4. The molecule has 3 rings (SSSR count). The number of carbonyl (C=O) groups excluding carboxylic acids is 3. The summed E-state index contributed by atoms with van der Waals surface area (Å²) in [5.41, 5.74) is 2.73. The predicted molar refractivity (Wildman–Crippen MR) is 96.1 cm³/mol. The number of nitrogens with one attached hydrogen (secondary N) is 1. The molecular weight excluding hydrogens is 350 g/mol. The van der Waals surface area contributed by atoms with Crippen LogP contribution in [0, 0.1) is 13.8 Å². The number of benzene rings is 2. The minimum absolute atomic E-state index is 0.113. The molecule has 1 amide bonds. The Balaban J connectivity index is 1.48. The van der Waals surface area contributed by atoms with Crippen molar-refractivity contribution in [3.8, 4) is 11.5 Å². The number of ether oxygens (including phenoxy) is 3. The number of Topliss-reactive ketones (excluding diaryl/α,β-unsaturated/α-hetero) is 1. The van der Waals surface area contributed by atoms with Gasteiger partial charge in [-0.15, -0.1) is 0 Å². The fraction of sp³-hybridized carbons (Fsp3) is 0.250. The normalized spacial score (nSPS) is 11.8. The van der Waals surface area contributed by atoms with Crippen LogP contribution in [0.15, 0.2) is 36.4 Å². The Labute approximate surface area is 156 Å². The highest BCUT2D eigenvalue weighted by Gasteiger charge is 2.17. The maximum absolute atomic E-state index is 12.1. The van der Waals surface area contributed by atoms with Crippen molar-refractivity contribution in [2.45, 2.75) is 13.8 Å². The molecule has 1 aliphatic heterocycles. The molecule has 0 atom stereocenters. The second kappa shape index (κ2) is 7.90. The summed E-state index contributed by atoms with van der Waals surface area (Å²) < 4.78 is 15.3. The highest BCUT2D eigenvalue weighted by molar-refractivity contribution is 5.99. The highest BCUT2D eigenvalue weighted by atomic mass is 16.7. The number of esters is 1. The van der Waals surface area contributed by atoms with Crippen LogP contribution in [0.3, 0.4) is 0 Å². The fourth-order valence-corrected chi connectivity index (χ4v) is 2.71. The van der Waals surface area contributed by atoms with Gasteiger partial charge in [0.2, 0.25) is 6.79 Å². The van der Waals surface area contributed by atoms with Crippen molar-refractivity contribution >= 4 is 17.7 Å². The number of aryl methyl sites for hydroxylation is 2. The Kier molecular flexibility index (Phi) is 5.40. The molecule has 0 aromatic heterocycles. The number of ketones is 1. The second-order valence-electron chi connectivity index (χ2n) is 6.21. The van der Waals surface area contributed by atoms with Crippen LogP contribution in [0.1, 0.15) is 31.8 Å². The molecule has 0 fully saturated rings. The summed E-state index contributed by atoms with van der Waals surface area (Å²) in [4.78, 5) is 36.0. The average Bonchev–Trinajstić information content (AvgIpc) is 3.11. The predicted octanol–water partition coefficient (Wildman–Crippen LogP) is 2.19. The summed E-state index contributed by atoms with van der Waals surface area (Å²) in [6.45, 7) is 3.15. The van der Waals surface area contributed by atoms with Gasteiger partial charge < -0.3 is 19.5 Å². The van der Waals surface area contributed by atoms with Crippen molar-refractivity contribution in [3.63, 3.8) is 0 Å². The molecular formula is C20H19NO6. The molecule has 27 heavy (non-hydrogen) atoms. The molecule has 0 saturated heterocycles. The van der Waals surface area contributed by atoms with Crippen LogP contribution >= 0.6 is 0 Å². The smallest absolute Gasteiger partial charge is 0.325 e. The Hall–Kier alpha value is -3.35. The Morgan fingerprint density at radius 2 is 1.67 bits per heavy atom. The van der Waals surface area contributed by atoms with Gasteiger partial charge in [0, 0.05) is 11.1 Å². The lowest BCUT2D eigenvalue weighted by molar-refractivity contribution is -0.141. The molecule has 1 N–H and O–H groups in total. The average molecular weight is 369 g/mol. The summed E-state index contributed by atoms with van der Waals surface area (Å²) >= 11 is 0. The summed E-state index contributed by atoms with van der Waals surface area (Å²) in [6.07, 6.45) is 0. The molecule has 140 valence electrons. The number of carbonyl (C=O) groups is 3. The van der Waals surface area contributed by atoms with E-state index in [2.05, 4.69) is 5.32 Å². The Morgan fingerprint density at radius 3 is 2.41 bits per heavy atom. The van der Waals surface area contributed by atoms with E-state index in [1.807, 2.05) is 19.9 Å². The highest BCUT2D eigenvalue weighted by Crippen LogP contribution is 2.32. The van der Waals surface area contributed by atoms with Gasteiger partial charge in [0.25, 0.3) is 5.91 Å². The molecule has 0 bridgehead atoms. The SMILES string of the molecule is Cc1cc(C)cc(C(=O)NCC(=O)OCC(=O)c2ccc3c(c2)OCO3)c1. The molecule has 0 radical (unpaired) electrons. The molecule has 0 unspecified atom stereocenters. The molecule has 2 aromatic carbocycles. The van der Waals surface area contributed by atoms with Crippen LogP contribution in [-0.4, -0.2) is 37.6 Å². The zero-order valence-corrected chi connectivity index (χ0v) is 15.0. The van der Waals surface area contributed by atoms with Gasteiger partial charge in [-0.1, -0.05) is 17.2 Å². The van der Waals surface area contributed by atoms with E-state index in [0.29, 0.717) is 22.6 Å². The van der Waals surface area contributed by atoms with Crippen LogP contribution in [-0.2, 0) is 9.53 Å². The maximum Gasteiger partial charge on any atom is 0.325 e. The number of hydrogen-bond donors (Lipinski definition) is 1. The number of hydrogen-bond acceptors (Lipinski definition) is 6. The van der Waals surface area contributed by atoms with Crippen LogP contribution in [0.4, 0.5) is 0 Å². The number of fused-ring (bicyclic) bond motifs is 1. The van der Waals surface area contributed by atoms with Crippen LogP contribution in [0.5, 0.6) is 11.5 Å². The third kappa shape index (κ3) is 4.63. The van der Waals surface area contributed by atoms with Crippen molar-refractivity contribution < 1.29 is 28.6 Å². The first-order chi connectivity index (χ1) is 12.9. The summed E-state index contributed by atoms with van der Waals surface area (Å²) in [7, 11) is 0. The van der Waals surface area contributed by atoms with Crippen molar-refractivity contribution in [2.24, 2.45) is 0 Å². The minimum atomic E-state index is -0.693. The van der Waals surface area contributed by atoms with Crippen molar-refractivity contribution in [3.05, 3.63) is 58.7 Å². The summed E-state index contributed by atoms with van der Waals surface area (Å²) in [5, 5.41) is 2.49. The molecule has 0 saturated carbocycles. The first-order valence-electron chi connectivity index (χ1n) is 8.37. The van der Waals surface area contributed by atoms with Crippen LogP contribution in [0.2, 0.25) is 0 Å². The summed E-state index contributed by atoms with van der Waals surface area (Å²) in [5.74, 6) is -0.393. The van der Waals surface area contributed by atoms with E-state index in [-0.39, 0.29) is 25.0 Å². The van der Waals surface area contributed by atoms with Gasteiger partial charge >= 0.3 is 5.97 Å². The van der Waals surface area contributed by atoms with Gasteiger partial charge in [-0.25, -0.2) is 0 Å². The van der Waals surface area contributed by atoms with E-state index in [0.717, 1.165) is 11.1 Å². The first-order valence-corrected chi connectivity index (χ1v) is 8.37. The summed E-state index contributed by atoms with van der Waals surface area (Å²) in [6, 6.07) is 10.2. The van der Waals surface area contributed by atoms with Gasteiger partial charge in [0.05, 0.1) is 0 Å². The van der Waals surface area contributed by atoms with Gasteiger partial charge in [-0.2, -0.15) is 0 Å². The van der Waals surface area contributed by atoms with Crippen LogP contribution in [0.25, 0.3) is 0 Å². The molecule has 2 aromatic rings. The fourth-order valence-electron chi connectivity index (χ4n) is 2.71. The molecule has 7 heteroatoms. The number of amides is 1. The number of rotatable bonds is 6.